The minimum absolute atomic E-state index is 0.0806. The van der Waals surface area contributed by atoms with E-state index < -0.39 is 17.7 Å². The van der Waals surface area contributed by atoms with Crippen LogP contribution in [0.5, 0.6) is 5.75 Å². The molecule has 166 valence electrons. The van der Waals surface area contributed by atoms with Crippen molar-refractivity contribution in [2.24, 2.45) is 0 Å². The quantitative estimate of drug-likeness (QED) is 0.267. The van der Waals surface area contributed by atoms with Gasteiger partial charge in [-0.05, 0) is 47.7 Å². The van der Waals surface area contributed by atoms with Crippen molar-refractivity contribution in [2.45, 2.75) is 32.7 Å². The van der Waals surface area contributed by atoms with E-state index in [-0.39, 0.29) is 17.9 Å². The van der Waals surface area contributed by atoms with Crippen molar-refractivity contribution in [3.8, 4) is 5.75 Å². The van der Waals surface area contributed by atoms with Crippen molar-refractivity contribution in [2.75, 3.05) is 13.2 Å². The Balaban J connectivity index is 2.13. The minimum Gasteiger partial charge on any atom is -0.507 e. The summed E-state index contributed by atoms with van der Waals surface area (Å²) in [5.41, 5.74) is 3.21. The summed E-state index contributed by atoms with van der Waals surface area (Å²) < 4.78 is 5.55. The number of aryl methyl sites for hydroxylation is 1. The molecule has 1 fully saturated rings. The molecule has 2 aromatic carbocycles. The van der Waals surface area contributed by atoms with Crippen LogP contribution in [0.25, 0.3) is 5.76 Å². The highest BCUT2D eigenvalue weighted by molar-refractivity contribution is 6.46. The smallest absolute Gasteiger partial charge is 0.295 e. The normalized spacial score (nSPS) is 17.6. The van der Waals surface area contributed by atoms with Gasteiger partial charge in [0, 0.05) is 12.1 Å². The Morgan fingerprint density at radius 1 is 1.12 bits per heavy atom. The molecule has 2 aromatic rings. The fraction of sp³-hybridized carbons (Fsp3) is 0.259. The first kappa shape index (κ1) is 23.1. The number of rotatable bonds is 8. The number of carbonyl (C=O) groups excluding carboxylic acids is 2. The zero-order chi connectivity index (χ0) is 23.4. The van der Waals surface area contributed by atoms with Crippen LogP contribution in [0.1, 0.15) is 48.1 Å². The van der Waals surface area contributed by atoms with Gasteiger partial charge in [0.05, 0.1) is 11.6 Å². The second-order valence-corrected chi connectivity index (χ2v) is 8.14. The summed E-state index contributed by atoms with van der Waals surface area (Å²) in [6.07, 6.45) is 3.23. The first-order valence-corrected chi connectivity index (χ1v) is 10.6. The summed E-state index contributed by atoms with van der Waals surface area (Å²) in [6.45, 7) is 13.9. The number of hydrogen-bond acceptors (Lipinski definition) is 4. The molecule has 1 amide bonds. The van der Waals surface area contributed by atoms with Crippen LogP contribution in [-0.2, 0) is 9.59 Å². The van der Waals surface area contributed by atoms with Gasteiger partial charge in [-0.1, -0.05) is 56.8 Å². The largest absolute Gasteiger partial charge is 0.507 e. The number of likely N-dealkylation sites (tertiary alicyclic amines) is 1. The van der Waals surface area contributed by atoms with E-state index in [1.54, 1.807) is 30.4 Å². The zero-order valence-electron chi connectivity index (χ0n) is 18.8. The predicted molar refractivity (Wildman–Crippen MR) is 127 cm³/mol. The van der Waals surface area contributed by atoms with E-state index in [0.29, 0.717) is 23.8 Å². The van der Waals surface area contributed by atoms with Gasteiger partial charge < -0.3 is 14.7 Å². The van der Waals surface area contributed by atoms with Gasteiger partial charge in [0.1, 0.15) is 18.1 Å². The van der Waals surface area contributed by atoms with Crippen molar-refractivity contribution in [1.29, 1.82) is 0 Å². The lowest BCUT2D eigenvalue weighted by Crippen LogP contribution is -2.29. The highest BCUT2D eigenvalue weighted by atomic mass is 16.5. The number of carbonyl (C=O) groups is 2. The third-order valence-corrected chi connectivity index (χ3v) is 5.61. The highest BCUT2D eigenvalue weighted by Gasteiger charge is 2.45. The van der Waals surface area contributed by atoms with E-state index in [2.05, 4.69) is 27.0 Å². The molecular formula is C27H29NO4. The molecule has 1 heterocycles. The average molecular weight is 432 g/mol. The van der Waals surface area contributed by atoms with Gasteiger partial charge in [0.2, 0.25) is 0 Å². The molecule has 1 unspecified atom stereocenters. The fourth-order valence-electron chi connectivity index (χ4n) is 3.91. The van der Waals surface area contributed by atoms with Crippen LogP contribution in [-0.4, -0.2) is 34.8 Å². The number of aliphatic hydroxyl groups is 1. The predicted octanol–water partition coefficient (Wildman–Crippen LogP) is 5.29. The molecule has 1 aliphatic heterocycles. The maximum atomic E-state index is 13.0. The third kappa shape index (κ3) is 4.37. The Labute approximate surface area is 189 Å². The van der Waals surface area contributed by atoms with Gasteiger partial charge in [-0.3, -0.25) is 9.59 Å². The molecule has 0 bridgehead atoms. The van der Waals surface area contributed by atoms with Crippen molar-refractivity contribution in [1.82, 2.24) is 4.90 Å². The molecular weight excluding hydrogens is 402 g/mol. The van der Waals surface area contributed by atoms with Gasteiger partial charge in [-0.2, -0.15) is 0 Å². The Kier molecular flexibility index (Phi) is 6.98. The summed E-state index contributed by atoms with van der Waals surface area (Å²) in [5.74, 6) is -0.554. The van der Waals surface area contributed by atoms with E-state index in [0.717, 1.165) is 16.7 Å². The molecule has 0 spiro atoms. The monoisotopic (exact) mass is 431 g/mol. The summed E-state index contributed by atoms with van der Waals surface area (Å²) in [4.78, 5) is 27.3. The number of benzene rings is 2. The van der Waals surface area contributed by atoms with Crippen LogP contribution in [0, 0.1) is 6.92 Å². The first-order valence-electron chi connectivity index (χ1n) is 10.6. The van der Waals surface area contributed by atoms with Crippen LogP contribution in [0.2, 0.25) is 0 Å². The molecule has 0 aliphatic carbocycles. The van der Waals surface area contributed by atoms with Crippen LogP contribution in [0.3, 0.4) is 0 Å². The van der Waals surface area contributed by atoms with Gasteiger partial charge >= 0.3 is 0 Å². The molecule has 1 atom stereocenters. The molecule has 1 aliphatic rings. The zero-order valence-corrected chi connectivity index (χ0v) is 18.8. The number of hydrogen-bond donors (Lipinski definition) is 1. The van der Waals surface area contributed by atoms with Crippen molar-refractivity contribution in [3.63, 3.8) is 0 Å². The van der Waals surface area contributed by atoms with Crippen LogP contribution in [0.15, 0.2) is 73.3 Å². The molecule has 1 N–H and O–H groups in total. The van der Waals surface area contributed by atoms with E-state index in [1.165, 1.54) is 4.90 Å². The summed E-state index contributed by atoms with van der Waals surface area (Å²) in [6, 6.07) is 12.3. The lowest BCUT2D eigenvalue weighted by molar-refractivity contribution is -0.139. The summed E-state index contributed by atoms with van der Waals surface area (Å²) in [7, 11) is 0. The Bertz CT molecular complexity index is 1080. The summed E-state index contributed by atoms with van der Waals surface area (Å²) >= 11 is 0. The van der Waals surface area contributed by atoms with Gasteiger partial charge in [-0.15, -0.1) is 6.58 Å². The number of ether oxygens (including phenoxy) is 1. The number of Topliss-reactive ketones (excluding diaryl/α,β-unsaturated/α-hetero) is 1. The molecule has 0 aromatic heterocycles. The van der Waals surface area contributed by atoms with Gasteiger partial charge in [0.15, 0.2) is 0 Å². The minimum atomic E-state index is -0.700. The maximum absolute atomic E-state index is 13.0. The molecule has 5 heteroatoms. The van der Waals surface area contributed by atoms with Crippen molar-refractivity contribution >= 4 is 17.4 Å². The highest BCUT2D eigenvalue weighted by Crippen LogP contribution is 2.40. The van der Waals surface area contributed by atoms with E-state index in [1.807, 2.05) is 31.2 Å². The van der Waals surface area contributed by atoms with E-state index in [4.69, 9.17) is 4.74 Å². The number of amides is 1. The number of ketones is 1. The number of nitrogens with zero attached hydrogens (tertiary/aromatic N) is 1. The SMILES string of the molecule is C=CCOc1ccc(/C(O)=C2\C(=O)C(=O)N(CC=C)C2c2ccc(C(C)C)cc2)c(C)c1. The Morgan fingerprint density at radius 2 is 1.81 bits per heavy atom. The molecule has 1 saturated heterocycles. The maximum Gasteiger partial charge on any atom is 0.295 e. The molecule has 0 saturated carbocycles. The second-order valence-electron chi connectivity index (χ2n) is 8.14. The van der Waals surface area contributed by atoms with Crippen LogP contribution in [0.4, 0.5) is 0 Å². The number of aliphatic hydroxyl groups excluding tert-OH is 1. The van der Waals surface area contributed by atoms with Crippen molar-refractivity contribution < 1.29 is 19.4 Å². The van der Waals surface area contributed by atoms with Gasteiger partial charge in [-0.25, -0.2) is 0 Å². The first-order chi connectivity index (χ1) is 15.3. The lowest BCUT2D eigenvalue weighted by Gasteiger charge is -2.24. The molecule has 5 nitrogen and oxygen atoms in total. The van der Waals surface area contributed by atoms with Crippen LogP contribution < -0.4 is 4.74 Å². The lowest BCUT2D eigenvalue weighted by atomic mass is 9.92. The molecule has 0 radical (unpaired) electrons. The van der Waals surface area contributed by atoms with E-state index in [9.17, 15) is 14.7 Å². The molecule has 3 rings (SSSR count). The second kappa shape index (κ2) is 9.69. The van der Waals surface area contributed by atoms with Crippen molar-refractivity contribution in [3.05, 3.63) is 95.6 Å². The Morgan fingerprint density at radius 3 is 2.38 bits per heavy atom. The average Bonchev–Trinajstić information content (AvgIpc) is 3.02. The topological polar surface area (TPSA) is 66.8 Å². The van der Waals surface area contributed by atoms with E-state index >= 15 is 0 Å². The Hall–Kier alpha value is -3.60. The standard InChI is InChI=1S/C27H29NO4/c1-6-14-28-24(20-10-8-19(9-11-20)17(3)4)23(26(30)27(28)31)25(29)22-13-12-21(16-18(22)5)32-15-7-2/h6-13,16-17,24,29H,1-2,14-15H2,3-5H3/b25-23+. The molecule has 32 heavy (non-hydrogen) atoms. The van der Waals surface area contributed by atoms with Gasteiger partial charge in [0.25, 0.3) is 11.7 Å². The summed E-state index contributed by atoms with van der Waals surface area (Å²) in [5, 5.41) is 11.2. The third-order valence-electron chi connectivity index (χ3n) is 5.61. The van der Waals surface area contributed by atoms with Crippen LogP contribution >= 0.6 is 0 Å². The fourth-order valence-corrected chi connectivity index (χ4v) is 3.91.